The van der Waals surface area contributed by atoms with Crippen molar-refractivity contribution in [3.05, 3.63) is 47.5 Å². The number of para-hydroxylation sites is 1. The standard InChI is InChI=1S/C22H26N2O4S2/c1-3-27-19-12-11-17(14-20(19)28-4-2)30(25,26)24-13-7-8-16(15-24)22-23-18-9-5-6-10-21(18)29-22/h5-6,9-12,14,16H,3-4,7-8,13,15H2,1-2H3/t16-/m1/s1. The zero-order valence-electron chi connectivity index (χ0n) is 17.2. The smallest absolute Gasteiger partial charge is 0.243 e. The molecule has 0 aliphatic carbocycles. The van der Waals surface area contributed by atoms with Crippen molar-refractivity contribution in [3.63, 3.8) is 0 Å². The average Bonchev–Trinajstić information content (AvgIpc) is 3.20. The monoisotopic (exact) mass is 446 g/mol. The summed E-state index contributed by atoms with van der Waals surface area (Å²) in [6.07, 6.45) is 1.76. The van der Waals surface area contributed by atoms with Gasteiger partial charge in [0.25, 0.3) is 0 Å². The second-order valence-corrected chi connectivity index (χ2v) is 10.2. The van der Waals surface area contributed by atoms with Crippen LogP contribution in [0.1, 0.15) is 37.6 Å². The molecule has 1 aromatic heterocycles. The zero-order valence-corrected chi connectivity index (χ0v) is 18.8. The number of sulfonamides is 1. The summed E-state index contributed by atoms with van der Waals surface area (Å²) in [4.78, 5) is 4.99. The molecule has 1 aliphatic rings. The van der Waals surface area contributed by atoms with Gasteiger partial charge in [0.2, 0.25) is 10.0 Å². The number of ether oxygens (including phenoxy) is 2. The third kappa shape index (κ3) is 4.17. The number of thiazole rings is 1. The van der Waals surface area contributed by atoms with Crippen LogP contribution in [0.4, 0.5) is 0 Å². The summed E-state index contributed by atoms with van der Waals surface area (Å²) >= 11 is 1.66. The molecule has 30 heavy (non-hydrogen) atoms. The van der Waals surface area contributed by atoms with E-state index in [1.807, 2.05) is 32.0 Å². The molecule has 8 heteroatoms. The van der Waals surface area contributed by atoms with Gasteiger partial charge in [-0.25, -0.2) is 13.4 Å². The van der Waals surface area contributed by atoms with Crippen LogP contribution in [0.2, 0.25) is 0 Å². The molecule has 1 fully saturated rings. The maximum absolute atomic E-state index is 13.4. The van der Waals surface area contributed by atoms with Crippen molar-refractivity contribution in [2.45, 2.75) is 37.5 Å². The first kappa shape index (κ1) is 21.1. The van der Waals surface area contributed by atoms with E-state index in [4.69, 9.17) is 14.5 Å². The van der Waals surface area contributed by atoms with Crippen LogP contribution in [0.15, 0.2) is 47.4 Å². The number of hydrogen-bond acceptors (Lipinski definition) is 6. The Hall–Kier alpha value is -2.16. The molecule has 2 heterocycles. The summed E-state index contributed by atoms with van der Waals surface area (Å²) in [5, 5.41) is 1.01. The normalized spacial score (nSPS) is 17.9. The Balaban J connectivity index is 1.59. The van der Waals surface area contributed by atoms with Gasteiger partial charge >= 0.3 is 0 Å². The lowest BCUT2D eigenvalue weighted by Gasteiger charge is -2.31. The second kappa shape index (κ2) is 8.91. The molecule has 1 saturated heterocycles. The number of benzene rings is 2. The maximum Gasteiger partial charge on any atom is 0.243 e. The highest BCUT2D eigenvalue weighted by Gasteiger charge is 2.32. The first-order valence-electron chi connectivity index (χ1n) is 10.3. The molecular weight excluding hydrogens is 420 g/mol. The molecule has 0 N–H and O–H groups in total. The van der Waals surface area contributed by atoms with E-state index in [1.165, 1.54) is 0 Å². The van der Waals surface area contributed by atoms with Crippen molar-refractivity contribution in [1.29, 1.82) is 0 Å². The predicted octanol–water partition coefficient (Wildman–Crippen LogP) is 4.66. The van der Waals surface area contributed by atoms with Crippen LogP contribution in [0.5, 0.6) is 11.5 Å². The van der Waals surface area contributed by atoms with E-state index in [-0.39, 0.29) is 10.8 Å². The first-order chi connectivity index (χ1) is 14.5. The third-order valence-corrected chi connectivity index (χ3v) is 8.26. The summed E-state index contributed by atoms with van der Waals surface area (Å²) in [6.45, 7) is 5.63. The van der Waals surface area contributed by atoms with Crippen molar-refractivity contribution in [3.8, 4) is 11.5 Å². The van der Waals surface area contributed by atoms with Crippen molar-refractivity contribution in [1.82, 2.24) is 9.29 Å². The Kier molecular flexibility index (Phi) is 6.26. The second-order valence-electron chi connectivity index (χ2n) is 7.20. The molecular formula is C22H26N2O4S2. The van der Waals surface area contributed by atoms with E-state index in [0.717, 1.165) is 28.1 Å². The number of nitrogens with zero attached hydrogens (tertiary/aromatic N) is 2. The zero-order chi connectivity index (χ0) is 21.1. The summed E-state index contributed by atoms with van der Waals surface area (Å²) in [7, 11) is -3.63. The highest BCUT2D eigenvalue weighted by Crippen LogP contribution is 2.36. The van der Waals surface area contributed by atoms with Crippen LogP contribution >= 0.6 is 11.3 Å². The van der Waals surface area contributed by atoms with E-state index in [1.54, 1.807) is 33.8 Å². The van der Waals surface area contributed by atoms with Crippen LogP contribution in [-0.4, -0.2) is 44.0 Å². The lowest BCUT2D eigenvalue weighted by Crippen LogP contribution is -2.39. The number of piperidine rings is 1. The Morgan fingerprint density at radius 3 is 2.63 bits per heavy atom. The van der Waals surface area contributed by atoms with Gasteiger partial charge in [0.15, 0.2) is 11.5 Å². The summed E-state index contributed by atoms with van der Waals surface area (Å²) in [5.41, 5.74) is 0.977. The van der Waals surface area contributed by atoms with Gasteiger partial charge in [-0.2, -0.15) is 4.31 Å². The molecule has 0 bridgehead atoms. The summed E-state index contributed by atoms with van der Waals surface area (Å²) in [6, 6.07) is 12.9. The Morgan fingerprint density at radius 1 is 1.10 bits per heavy atom. The SMILES string of the molecule is CCOc1ccc(S(=O)(=O)N2CCC[C@@H](c3nc4ccccc4s3)C2)cc1OCC. The predicted molar refractivity (Wildman–Crippen MR) is 119 cm³/mol. The summed E-state index contributed by atoms with van der Waals surface area (Å²) < 4.78 is 40.7. The lowest BCUT2D eigenvalue weighted by molar-refractivity contribution is 0.286. The molecule has 160 valence electrons. The quantitative estimate of drug-likeness (QED) is 0.528. The van der Waals surface area contributed by atoms with E-state index >= 15 is 0 Å². The molecule has 3 aromatic rings. The van der Waals surface area contributed by atoms with E-state index in [2.05, 4.69) is 6.07 Å². The molecule has 1 aliphatic heterocycles. The van der Waals surface area contributed by atoms with Gasteiger partial charge in [0, 0.05) is 25.1 Å². The van der Waals surface area contributed by atoms with Crippen LogP contribution in [-0.2, 0) is 10.0 Å². The minimum absolute atomic E-state index is 0.111. The number of aromatic nitrogens is 1. The van der Waals surface area contributed by atoms with Crippen LogP contribution in [0.25, 0.3) is 10.2 Å². The van der Waals surface area contributed by atoms with Gasteiger partial charge in [-0.1, -0.05) is 12.1 Å². The van der Waals surface area contributed by atoms with Gasteiger partial charge in [-0.15, -0.1) is 11.3 Å². The largest absolute Gasteiger partial charge is 0.490 e. The molecule has 0 spiro atoms. The summed E-state index contributed by atoms with van der Waals surface area (Å²) in [5.74, 6) is 1.13. The van der Waals surface area contributed by atoms with E-state index in [0.29, 0.717) is 37.8 Å². The van der Waals surface area contributed by atoms with Gasteiger partial charge in [0.05, 0.1) is 33.3 Å². The molecule has 4 rings (SSSR count). The molecule has 0 unspecified atom stereocenters. The molecule has 2 aromatic carbocycles. The van der Waals surface area contributed by atoms with Crippen molar-refractivity contribution in [2.75, 3.05) is 26.3 Å². The minimum Gasteiger partial charge on any atom is -0.490 e. The van der Waals surface area contributed by atoms with Gasteiger partial charge in [0.1, 0.15) is 0 Å². The molecule has 0 amide bonds. The fourth-order valence-corrected chi connectivity index (χ4v) is 6.40. The Morgan fingerprint density at radius 2 is 1.87 bits per heavy atom. The molecule has 0 radical (unpaired) electrons. The van der Waals surface area contributed by atoms with Crippen LogP contribution < -0.4 is 9.47 Å². The topological polar surface area (TPSA) is 68.7 Å². The Bertz CT molecular complexity index is 1090. The van der Waals surface area contributed by atoms with Crippen molar-refractivity contribution >= 4 is 31.6 Å². The van der Waals surface area contributed by atoms with Crippen LogP contribution in [0.3, 0.4) is 0 Å². The Labute approximate surface area is 181 Å². The molecule has 0 saturated carbocycles. The molecule has 1 atom stereocenters. The number of hydrogen-bond donors (Lipinski definition) is 0. The van der Waals surface area contributed by atoms with Crippen molar-refractivity contribution < 1.29 is 17.9 Å². The van der Waals surface area contributed by atoms with Crippen molar-refractivity contribution in [2.24, 2.45) is 0 Å². The van der Waals surface area contributed by atoms with Gasteiger partial charge in [-0.05, 0) is 51.0 Å². The minimum atomic E-state index is -3.63. The highest BCUT2D eigenvalue weighted by atomic mass is 32.2. The van der Waals surface area contributed by atoms with Gasteiger partial charge < -0.3 is 9.47 Å². The fraction of sp³-hybridized carbons (Fsp3) is 0.409. The van der Waals surface area contributed by atoms with Gasteiger partial charge in [-0.3, -0.25) is 0 Å². The number of rotatable bonds is 7. The lowest BCUT2D eigenvalue weighted by atomic mass is 10.0. The van der Waals surface area contributed by atoms with E-state index < -0.39 is 10.0 Å². The third-order valence-electron chi connectivity index (χ3n) is 5.20. The first-order valence-corrected chi connectivity index (χ1v) is 12.5. The maximum atomic E-state index is 13.4. The fourth-order valence-electron chi connectivity index (χ4n) is 3.77. The average molecular weight is 447 g/mol. The van der Waals surface area contributed by atoms with Crippen LogP contribution in [0, 0.1) is 0 Å². The number of fused-ring (bicyclic) bond motifs is 1. The molecule has 6 nitrogen and oxygen atoms in total. The van der Waals surface area contributed by atoms with E-state index in [9.17, 15) is 8.42 Å². The highest BCUT2D eigenvalue weighted by molar-refractivity contribution is 7.89.